The molecule has 1 unspecified atom stereocenters. The standard InChI is InChI=1S/C33H31F2N9O/c1-32(2,3)18-40-28-20(15-37)16-39-27-19(14-36)12-21(13-25(27)28)41-29(26-17-44(43-42-26)33(9-10-33)31(34)35)23-6-5-7-24-22(23)8-11-38-30(24)45-4/h5-8,11-13,16-17,29,31,41H,9-10,18H2,1-4H3,(H,39,40). The molecule has 3 aromatic heterocycles. The van der Waals surface area contributed by atoms with Gasteiger partial charge < -0.3 is 15.4 Å². The van der Waals surface area contributed by atoms with Gasteiger partial charge in [-0.2, -0.15) is 10.5 Å². The Morgan fingerprint density at radius 1 is 1.04 bits per heavy atom. The number of aromatic nitrogens is 5. The Bertz CT molecular complexity index is 2000. The van der Waals surface area contributed by atoms with E-state index in [9.17, 15) is 19.3 Å². The monoisotopic (exact) mass is 607 g/mol. The van der Waals surface area contributed by atoms with Crippen molar-refractivity contribution in [1.82, 2.24) is 25.0 Å². The van der Waals surface area contributed by atoms with Crippen molar-refractivity contribution >= 4 is 33.1 Å². The number of hydrogen-bond donors (Lipinski definition) is 2. The zero-order valence-electron chi connectivity index (χ0n) is 25.3. The number of pyridine rings is 2. The zero-order chi connectivity index (χ0) is 31.9. The molecule has 5 aromatic rings. The molecule has 0 aliphatic heterocycles. The van der Waals surface area contributed by atoms with Crippen molar-refractivity contribution in [3.05, 3.63) is 77.4 Å². The normalized spacial score (nSPS) is 14.6. The molecule has 228 valence electrons. The number of nitrogens with zero attached hydrogens (tertiary/aromatic N) is 7. The second-order valence-electron chi connectivity index (χ2n) is 12.4. The van der Waals surface area contributed by atoms with Crippen molar-refractivity contribution in [2.45, 2.75) is 51.6 Å². The van der Waals surface area contributed by atoms with Gasteiger partial charge >= 0.3 is 0 Å². The molecule has 1 aliphatic carbocycles. The molecule has 0 saturated heterocycles. The summed E-state index contributed by atoms with van der Waals surface area (Å²) in [6.07, 6.45) is 2.73. The Morgan fingerprint density at radius 2 is 1.82 bits per heavy atom. The van der Waals surface area contributed by atoms with Gasteiger partial charge in [0, 0.05) is 35.4 Å². The molecule has 0 bridgehead atoms. The van der Waals surface area contributed by atoms with Crippen molar-refractivity contribution in [3.8, 4) is 18.0 Å². The molecule has 10 nitrogen and oxygen atoms in total. The van der Waals surface area contributed by atoms with Crippen LogP contribution in [0, 0.1) is 28.1 Å². The number of fused-ring (bicyclic) bond motifs is 2. The van der Waals surface area contributed by atoms with Gasteiger partial charge in [-0.25, -0.2) is 18.4 Å². The summed E-state index contributed by atoms with van der Waals surface area (Å²) >= 11 is 0. The number of halogens is 2. The van der Waals surface area contributed by atoms with Gasteiger partial charge in [0.2, 0.25) is 5.88 Å². The number of methoxy groups -OCH3 is 1. The van der Waals surface area contributed by atoms with Gasteiger partial charge in [0.25, 0.3) is 6.43 Å². The molecule has 1 atom stereocenters. The third-order valence-corrected chi connectivity index (χ3v) is 8.06. The number of hydrogen-bond acceptors (Lipinski definition) is 9. The van der Waals surface area contributed by atoms with Crippen molar-refractivity contribution < 1.29 is 13.5 Å². The van der Waals surface area contributed by atoms with Crippen LogP contribution in [0.15, 0.2) is 55.0 Å². The van der Waals surface area contributed by atoms with E-state index in [-0.39, 0.29) is 5.41 Å². The maximum absolute atomic E-state index is 14.0. The largest absolute Gasteiger partial charge is 0.481 e. The lowest BCUT2D eigenvalue weighted by atomic mass is 9.96. The first-order valence-corrected chi connectivity index (χ1v) is 14.5. The van der Waals surface area contributed by atoms with E-state index in [0.717, 1.165) is 16.3 Å². The number of ether oxygens (including phenoxy) is 1. The Hall–Kier alpha value is -5.36. The third-order valence-electron chi connectivity index (χ3n) is 8.06. The molecule has 12 heteroatoms. The first-order chi connectivity index (χ1) is 21.6. The molecule has 3 heterocycles. The van der Waals surface area contributed by atoms with Crippen molar-refractivity contribution in [3.63, 3.8) is 0 Å². The van der Waals surface area contributed by atoms with Crippen molar-refractivity contribution in [2.24, 2.45) is 5.41 Å². The predicted molar refractivity (Wildman–Crippen MR) is 166 cm³/mol. The molecule has 0 radical (unpaired) electrons. The van der Waals surface area contributed by atoms with Gasteiger partial charge in [0.15, 0.2) is 0 Å². The van der Waals surface area contributed by atoms with Gasteiger partial charge in [-0.1, -0.05) is 38.1 Å². The number of rotatable bonds is 9. The van der Waals surface area contributed by atoms with E-state index in [1.165, 1.54) is 10.9 Å². The van der Waals surface area contributed by atoms with Gasteiger partial charge in [-0.05, 0) is 53.5 Å². The molecule has 1 aliphatic rings. The van der Waals surface area contributed by atoms with E-state index >= 15 is 0 Å². The van der Waals surface area contributed by atoms with Crippen LogP contribution >= 0.6 is 0 Å². The second kappa shape index (κ2) is 11.3. The predicted octanol–water partition coefficient (Wildman–Crippen LogP) is 6.54. The minimum atomic E-state index is -2.58. The van der Waals surface area contributed by atoms with E-state index in [2.05, 4.69) is 63.8 Å². The average molecular weight is 608 g/mol. The van der Waals surface area contributed by atoms with E-state index in [4.69, 9.17) is 4.74 Å². The molecule has 6 rings (SSSR count). The van der Waals surface area contributed by atoms with Crippen LogP contribution in [0.25, 0.3) is 21.7 Å². The lowest BCUT2D eigenvalue weighted by molar-refractivity contribution is 0.0593. The summed E-state index contributed by atoms with van der Waals surface area (Å²) < 4.78 is 34.8. The molecular weight excluding hydrogens is 576 g/mol. The summed E-state index contributed by atoms with van der Waals surface area (Å²) in [5.74, 6) is 0.438. The highest BCUT2D eigenvalue weighted by atomic mass is 19.3. The van der Waals surface area contributed by atoms with Gasteiger partial charge in [0.1, 0.15) is 23.4 Å². The smallest absolute Gasteiger partial charge is 0.263 e. The highest BCUT2D eigenvalue weighted by molar-refractivity contribution is 5.99. The quantitative estimate of drug-likeness (QED) is 0.191. The molecule has 1 saturated carbocycles. The number of benzene rings is 2. The molecular formula is C33H31F2N9O. The Kier molecular flexibility index (Phi) is 7.45. The second-order valence-corrected chi connectivity index (χ2v) is 12.4. The summed E-state index contributed by atoms with van der Waals surface area (Å²) in [6, 6.07) is 14.8. The summed E-state index contributed by atoms with van der Waals surface area (Å²) in [6.45, 7) is 6.81. The topological polar surface area (TPSA) is 137 Å². The lowest BCUT2D eigenvalue weighted by Gasteiger charge is -2.23. The Balaban J connectivity index is 1.53. The third kappa shape index (κ3) is 5.44. The van der Waals surface area contributed by atoms with Crippen LogP contribution < -0.4 is 15.4 Å². The molecule has 45 heavy (non-hydrogen) atoms. The zero-order valence-corrected chi connectivity index (χ0v) is 25.3. The fraction of sp³-hybridized carbons (Fsp3) is 0.333. The summed E-state index contributed by atoms with van der Waals surface area (Å²) in [7, 11) is 1.54. The van der Waals surface area contributed by atoms with E-state index < -0.39 is 18.0 Å². The lowest BCUT2D eigenvalue weighted by Crippen LogP contribution is -2.26. The van der Waals surface area contributed by atoms with E-state index in [0.29, 0.717) is 64.4 Å². The fourth-order valence-electron chi connectivity index (χ4n) is 5.50. The Morgan fingerprint density at radius 3 is 2.49 bits per heavy atom. The van der Waals surface area contributed by atoms with Gasteiger partial charge in [-0.3, -0.25) is 4.98 Å². The molecule has 2 N–H and O–H groups in total. The van der Waals surface area contributed by atoms with Crippen LogP contribution in [-0.4, -0.2) is 45.0 Å². The number of nitrogens with one attached hydrogen (secondary N) is 2. The van der Waals surface area contributed by atoms with Crippen LogP contribution in [0.3, 0.4) is 0 Å². The molecule has 0 amide bonds. The first kappa shape index (κ1) is 29.7. The summed E-state index contributed by atoms with van der Waals surface area (Å²) in [5, 5.41) is 37.6. The minimum absolute atomic E-state index is 0.0887. The van der Waals surface area contributed by atoms with Crippen LogP contribution in [-0.2, 0) is 5.54 Å². The summed E-state index contributed by atoms with van der Waals surface area (Å²) in [5.41, 5.74) is 1.97. The average Bonchev–Trinajstić information content (AvgIpc) is 3.71. The molecule has 1 fully saturated rings. The molecule has 2 aromatic carbocycles. The number of anilines is 2. The van der Waals surface area contributed by atoms with Crippen molar-refractivity contribution in [1.29, 1.82) is 10.5 Å². The van der Waals surface area contributed by atoms with Gasteiger partial charge in [-0.15, -0.1) is 5.10 Å². The van der Waals surface area contributed by atoms with E-state index in [1.54, 1.807) is 25.6 Å². The van der Waals surface area contributed by atoms with Crippen LogP contribution in [0.2, 0.25) is 0 Å². The number of nitriles is 2. The van der Waals surface area contributed by atoms with Crippen LogP contribution in [0.1, 0.15) is 62.0 Å². The maximum Gasteiger partial charge on any atom is 0.263 e. The Labute approximate surface area is 258 Å². The van der Waals surface area contributed by atoms with Crippen LogP contribution in [0.4, 0.5) is 20.2 Å². The maximum atomic E-state index is 14.0. The van der Waals surface area contributed by atoms with Crippen LogP contribution in [0.5, 0.6) is 5.88 Å². The highest BCUT2D eigenvalue weighted by Gasteiger charge is 2.54. The minimum Gasteiger partial charge on any atom is -0.481 e. The number of alkyl halides is 2. The SMILES string of the molecule is COc1nccc2c(C(Nc3cc(C#N)c4ncc(C#N)c(NCC(C)(C)C)c4c3)c3cn(C4(C(F)F)CC4)nn3)cccc12. The van der Waals surface area contributed by atoms with Crippen molar-refractivity contribution in [2.75, 3.05) is 24.3 Å². The fourth-order valence-corrected chi connectivity index (χ4v) is 5.50. The summed E-state index contributed by atoms with van der Waals surface area (Å²) in [4.78, 5) is 8.78. The van der Waals surface area contributed by atoms with Gasteiger partial charge in [0.05, 0.1) is 41.7 Å². The first-order valence-electron chi connectivity index (χ1n) is 14.5. The molecule has 0 spiro atoms. The van der Waals surface area contributed by atoms with E-state index in [1.807, 2.05) is 30.3 Å². The highest BCUT2D eigenvalue weighted by Crippen LogP contribution is 2.48.